The minimum Gasteiger partial charge on any atom is -0.368 e. The van der Waals surface area contributed by atoms with E-state index in [-0.39, 0.29) is 11.5 Å². The maximum atomic E-state index is 12.9. The molecule has 0 atom stereocenters. The van der Waals surface area contributed by atoms with Crippen LogP contribution in [0.3, 0.4) is 0 Å². The molecule has 1 aromatic carbocycles. The molecule has 5 rings (SSSR count). The summed E-state index contributed by atoms with van der Waals surface area (Å²) in [5.74, 6) is 0.0195. The van der Waals surface area contributed by atoms with Crippen molar-refractivity contribution in [1.29, 1.82) is 0 Å². The van der Waals surface area contributed by atoms with Crippen LogP contribution >= 0.6 is 11.3 Å². The van der Waals surface area contributed by atoms with Crippen LogP contribution in [0.5, 0.6) is 0 Å². The monoisotopic (exact) mass is 394 g/mol. The van der Waals surface area contributed by atoms with Crippen molar-refractivity contribution >= 4 is 17.2 Å². The molecule has 2 aromatic heterocycles. The summed E-state index contributed by atoms with van der Waals surface area (Å²) in [5, 5.41) is 10.2. The van der Waals surface area contributed by atoms with Gasteiger partial charge in [-0.15, -0.1) is 11.3 Å². The number of hydrogen-bond donors (Lipinski definition) is 1. The molecule has 3 aromatic rings. The number of rotatable bonds is 3. The van der Waals surface area contributed by atoms with Gasteiger partial charge in [0.1, 0.15) is 11.3 Å². The molecule has 0 radical (unpaired) electrons. The van der Waals surface area contributed by atoms with Crippen LogP contribution in [0.4, 0.5) is 0 Å². The highest BCUT2D eigenvalue weighted by Gasteiger charge is 2.43. The van der Waals surface area contributed by atoms with Crippen molar-refractivity contribution in [3.8, 4) is 0 Å². The van der Waals surface area contributed by atoms with Gasteiger partial charge in [-0.3, -0.25) is 9.89 Å². The van der Waals surface area contributed by atoms with Crippen LogP contribution in [0.15, 0.2) is 41.9 Å². The number of fused-ring (bicyclic) bond motifs is 2. The molecule has 0 aliphatic carbocycles. The molecule has 1 spiro atoms. The zero-order valence-corrected chi connectivity index (χ0v) is 16.4. The second-order valence-corrected chi connectivity index (χ2v) is 8.39. The Balaban J connectivity index is 1.26. The molecule has 1 fully saturated rings. The lowest BCUT2D eigenvalue weighted by atomic mass is 9.83. The summed E-state index contributed by atoms with van der Waals surface area (Å²) >= 11 is 1.55. The highest BCUT2D eigenvalue weighted by molar-refractivity contribution is 7.09. The zero-order valence-electron chi connectivity index (χ0n) is 15.6. The summed E-state index contributed by atoms with van der Waals surface area (Å²) < 4.78 is 6.17. The lowest BCUT2D eigenvalue weighted by molar-refractivity contribution is -0.0962. The molecule has 7 heteroatoms. The fourth-order valence-electron chi connectivity index (χ4n) is 4.21. The number of piperidine rings is 1. The number of carbonyl (C=O) groups excluding carboxylic acids is 1. The molecular weight excluding hydrogens is 372 g/mol. The summed E-state index contributed by atoms with van der Waals surface area (Å²) in [6.07, 6.45) is 5.14. The third kappa shape index (κ3) is 3.14. The molecule has 1 saturated heterocycles. The van der Waals surface area contributed by atoms with E-state index >= 15 is 0 Å². The number of carbonyl (C=O) groups is 1. The standard InChI is InChI=1S/C21H22N4O2S/c26-20(17-14-28-18(23-17)12-15-4-2-1-3-5-15)25-9-7-21(8-10-25)19-16(6-11-27-21)13-22-24-19/h1-5,13-14H,6-12H2,(H,22,24). The molecule has 0 unspecified atom stereocenters. The van der Waals surface area contributed by atoms with Gasteiger partial charge in [-0.2, -0.15) is 5.10 Å². The van der Waals surface area contributed by atoms with Crippen LogP contribution in [0.25, 0.3) is 0 Å². The Kier molecular flexibility index (Phi) is 4.49. The van der Waals surface area contributed by atoms with Crippen molar-refractivity contribution in [3.63, 3.8) is 0 Å². The maximum Gasteiger partial charge on any atom is 0.273 e. The number of benzene rings is 1. The molecule has 0 bridgehead atoms. The van der Waals surface area contributed by atoms with Crippen molar-refractivity contribution in [2.24, 2.45) is 0 Å². The van der Waals surface area contributed by atoms with Gasteiger partial charge in [-0.1, -0.05) is 30.3 Å². The fourth-order valence-corrected chi connectivity index (χ4v) is 5.01. The van der Waals surface area contributed by atoms with Crippen molar-refractivity contribution in [1.82, 2.24) is 20.1 Å². The van der Waals surface area contributed by atoms with E-state index < -0.39 is 0 Å². The van der Waals surface area contributed by atoms with Crippen molar-refractivity contribution < 1.29 is 9.53 Å². The minimum absolute atomic E-state index is 0.0195. The first-order chi connectivity index (χ1) is 13.7. The summed E-state index contributed by atoms with van der Waals surface area (Å²) in [6, 6.07) is 10.2. The molecular formula is C21H22N4O2S. The summed E-state index contributed by atoms with van der Waals surface area (Å²) in [7, 11) is 0. The van der Waals surface area contributed by atoms with E-state index in [1.165, 1.54) is 11.1 Å². The number of aromatic nitrogens is 3. The number of nitrogens with zero attached hydrogens (tertiary/aromatic N) is 3. The van der Waals surface area contributed by atoms with Gasteiger partial charge in [0.15, 0.2) is 0 Å². The van der Waals surface area contributed by atoms with Gasteiger partial charge in [0.05, 0.1) is 23.5 Å². The lowest BCUT2D eigenvalue weighted by Crippen LogP contribution is -2.48. The first-order valence-electron chi connectivity index (χ1n) is 9.68. The van der Waals surface area contributed by atoms with Crippen LogP contribution in [0.1, 0.15) is 45.2 Å². The van der Waals surface area contributed by atoms with Gasteiger partial charge in [0.25, 0.3) is 5.91 Å². The van der Waals surface area contributed by atoms with Crippen LogP contribution in [0.2, 0.25) is 0 Å². The van der Waals surface area contributed by atoms with Crippen molar-refractivity contribution in [2.75, 3.05) is 19.7 Å². The molecule has 1 N–H and O–H groups in total. The van der Waals surface area contributed by atoms with E-state index in [1.54, 1.807) is 11.3 Å². The molecule has 2 aliphatic rings. The molecule has 4 heterocycles. The van der Waals surface area contributed by atoms with Crippen LogP contribution in [-0.4, -0.2) is 45.7 Å². The van der Waals surface area contributed by atoms with Gasteiger partial charge in [0.2, 0.25) is 0 Å². The lowest BCUT2D eigenvalue weighted by Gasteiger charge is -2.43. The van der Waals surface area contributed by atoms with E-state index in [2.05, 4.69) is 27.3 Å². The normalized spacial score (nSPS) is 18.2. The predicted octanol–water partition coefficient (Wildman–Crippen LogP) is 3.16. The highest BCUT2D eigenvalue weighted by atomic mass is 32.1. The number of likely N-dealkylation sites (tertiary alicyclic amines) is 1. The van der Waals surface area contributed by atoms with Crippen LogP contribution in [0, 0.1) is 0 Å². The fraction of sp³-hybridized carbons (Fsp3) is 0.381. The molecule has 144 valence electrons. The zero-order chi connectivity index (χ0) is 19.0. The molecule has 0 saturated carbocycles. The average Bonchev–Trinajstić information content (AvgIpc) is 3.39. The van der Waals surface area contributed by atoms with Gasteiger partial charge in [-0.25, -0.2) is 4.98 Å². The molecule has 28 heavy (non-hydrogen) atoms. The molecule has 1 amide bonds. The topological polar surface area (TPSA) is 71.1 Å². The SMILES string of the molecule is O=C(c1csc(Cc2ccccc2)n1)N1CCC2(CC1)OCCc1cn[nH]c12. The molecule has 6 nitrogen and oxygen atoms in total. The van der Waals surface area contributed by atoms with Gasteiger partial charge in [0, 0.05) is 24.9 Å². The first kappa shape index (κ1) is 17.6. The van der Waals surface area contributed by atoms with Crippen LogP contribution in [-0.2, 0) is 23.2 Å². The third-order valence-electron chi connectivity index (χ3n) is 5.75. The smallest absolute Gasteiger partial charge is 0.273 e. The summed E-state index contributed by atoms with van der Waals surface area (Å²) in [6.45, 7) is 2.06. The van der Waals surface area contributed by atoms with Gasteiger partial charge >= 0.3 is 0 Å². The van der Waals surface area contributed by atoms with E-state index in [9.17, 15) is 4.79 Å². The van der Waals surface area contributed by atoms with E-state index in [4.69, 9.17) is 4.74 Å². The Morgan fingerprint density at radius 2 is 2.07 bits per heavy atom. The Hall–Kier alpha value is -2.51. The number of ether oxygens (including phenoxy) is 1. The second kappa shape index (κ2) is 7.14. The van der Waals surface area contributed by atoms with Crippen molar-refractivity contribution in [2.45, 2.75) is 31.3 Å². The Morgan fingerprint density at radius 1 is 1.25 bits per heavy atom. The van der Waals surface area contributed by atoms with Gasteiger partial charge < -0.3 is 9.64 Å². The highest BCUT2D eigenvalue weighted by Crippen LogP contribution is 2.40. The average molecular weight is 395 g/mol. The minimum atomic E-state index is -0.318. The van der Waals surface area contributed by atoms with E-state index in [0.717, 1.165) is 43.0 Å². The number of hydrogen-bond acceptors (Lipinski definition) is 5. The van der Waals surface area contributed by atoms with Gasteiger partial charge in [-0.05, 0) is 30.4 Å². The number of nitrogens with one attached hydrogen (secondary N) is 1. The predicted molar refractivity (Wildman–Crippen MR) is 106 cm³/mol. The van der Waals surface area contributed by atoms with E-state index in [1.807, 2.05) is 34.7 Å². The largest absolute Gasteiger partial charge is 0.368 e. The number of amides is 1. The Labute approximate surface area is 167 Å². The Bertz CT molecular complexity index is 973. The number of H-pyrrole nitrogens is 1. The number of thiazole rings is 1. The first-order valence-corrected chi connectivity index (χ1v) is 10.6. The number of aromatic amines is 1. The second-order valence-electron chi connectivity index (χ2n) is 7.44. The summed E-state index contributed by atoms with van der Waals surface area (Å²) in [5.41, 5.74) is 3.79. The quantitative estimate of drug-likeness (QED) is 0.741. The third-order valence-corrected chi connectivity index (χ3v) is 6.60. The summed E-state index contributed by atoms with van der Waals surface area (Å²) in [4.78, 5) is 19.4. The molecule has 2 aliphatic heterocycles. The maximum absolute atomic E-state index is 12.9. The van der Waals surface area contributed by atoms with Crippen molar-refractivity contribution in [3.05, 3.63) is 69.4 Å². The van der Waals surface area contributed by atoms with E-state index in [0.29, 0.717) is 18.8 Å². The Morgan fingerprint density at radius 3 is 2.89 bits per heavy atom. The van der Waals surface area contributed by atoms with Crippen LogP contribution < -0.4 is 0 Å².